The normalized spacial score (nSPS) is 15.1. The highest BCUT2D eigenvalue weighted by molar-refractivity contribution is 6.74. The molecule has 0 aliphatic rings. The number of hydrogen-bond donors (Lipinski definition) is 2. The molecule has 0 spiro atoms. The minimum Gasteiger partial charge on any atom is -0.490 e. The van der Waals surface area contributed by atoms with Crippen LogP contribution in [0.1, 0.15) is 53.1 Å². The van der Waals surface area contributed by atoms with Crippen LogP contribution >= 0.6 is 0 Å². The number of benzene rings is 1. The van der Waals surface area contributed by atoms with Gasteiger partial charge in [-0.2, -0.15) is 0 Å². The Kier molecular flexibility index (Phi) is 8.26. The van der Waals surface area contributed by atoms with E-state index in [1.165, 1.54) is 0 Å². The third-order valence-corrected chi connectivity index (χ3v) is 9.36. The second-order valence-corrected chi connectivity index (χ2v) is 14.4. The number of rotatable bonds is 8. The van der Waals surface area contributed by atoms with Gasteiger partial charge >= 0.3 is 5.97 Å². The summed E-state index contributed by atoms with van der Waals surface area (Å²) < 4.78 is 17.7. The van der Waals surface area contributed by atoms with Gasteiger partial charge in [-0.15, -0.1) is 0 Å². The summed E-state index contributed by atoms with van der Waals surface area (Å²) in [5.41, 5.74) is 11.9. The van der Waals surface area contributed by atoms with E-state index in [0.29, 0.717) is 12.3 Å². The zero-order valence-electron chi connectivity index (χ0n) is 18.7. The van der Waals surface area contributed by atoms with Crippen molar-refractivity contribution in [3.63, 3.8) is 0 Å². The summed E-state index contributed by atoms with van der Waals surface area (Å²) in [6, 6.07) is 7.20. The molecule has 0 aliphatic carbocycles. The Morgan fingerprint density at radius 1 is 1.07 bits per heavy atom. The van der Waals surface area contributed by atoms with Crippen molar-refractivity contribution in [2.45, 2.75) is 77.4 Å². The Labute approximate surface area is 171 Å². The minimum atomic E-state index is -2.18. The van der Waals surface area contributed by atoms with Gasteiger partial charge < -0.3 is 25.4 Å². The van der Waals surface area contributed by atoms with Crippen molar-refractivity contribution in [1.29, 1.82) is 0 Å². The maximum absolute atomic E-state index is 12.7. The van der Waals surface area contributed by atoms with Crippen LogP contribution in [-0.2, 0) is 14.0 Å². The molecule has 4 N–H and O–H groups in total. The summed E-state index contributed by atoms with van der Waals surface area (Å²) in [7, 11) is -2.18. The van der Waals surface area contributed by atoms with E-state index in [1.54, 1.807) is 0 Å². The molecule has 2 atom stereocenters. The van der Waals surface area contributed by atoms with Gasteiger partial charge in [0.05, 0.1) is 0 Å². The molecule has 0 radical (unpaired) electrons. The summed E-state index contributed by atoms with van der Waals surface area (Å²) in [5, 5.41) is -0.0345. The maximum Gasteiger partial charge on any atom is 0.338 e. The summed E-state index contributed by atoms with van der Waals surface area (Å²) in [5.74, 6) is 0.236. The monoisotopic (exact) mass is 410 g/mol. The Morgan fingerprint density at radius 2 is 1.61 bits per heavy atom. The van der Waals surface area contributed by atoms with Crippen molar-refractivity contribution in [3.05, 3.63) is 29.8 Å². The Bertz CT molecular complexity index is 633. The van der Waals surface area contributed by atoms with E-state index in [2.05, 4.69) is 33.9 Å². The molecule has 7 heteroatoms. The predicted octanol–water partition coefficient (Wildman–Crippen LogP) is 3.76. The molecule has 0 fully saturated rings. The van der Waals surface area contributed by atoms with Crippen LogP contribution in [-0.4, -0.2) is 39.1 Å². The molecule has 28 heavy (non-hydrogen) atoms. The van der Waals surface area contributed by atoms with Gasteiger partial charge in [-0.25, -0.2) is 4.79 Å². The van der Waals surface area contributed by atoms with Gasteiger partial charge in [0.15, 0.2) is 14.4 Å². The highest BCUT2D eigenvalue weighted by atomic mass is 28.4. The second kappa shape index (κ2) is 9.39. The van der Waals surface area contributed by atoms with Crippen molar-refractivity contribution in [3.8, 4) is 5.75 Å². The van der Waals surface area contributed by atoms with E-state index < -0.39 is 26.0 Å². The zero-order chi connectivity index (χ0) is 21.8. The van der Waals surface area contributed by atoms with Crippen LogP contribution in [0.5, 0.6) is 5.75 Å². The lowest BCUT2D eigenvalue weighted by molar-refractivity contribution is -0.165. The van der Waals surface area contributed by atoms with Crippen LogP contribution in [0.3, 0.4) is 0 Å². The number of ether oxygens (including phenoxy) is 2. The first-order valence-electron chi connectivity index (χ1n) is 9.75. The summed E-state index contributed by atoms with van der Waals surface area (Å²) in [6.45, 7) is 16.6. The van der Waals surface area contributed by atoms with Crippen LogP contribution in [0.2, 0.25) is 18.1 Å². The molecule has 0 bridgehead atoms. The Balaban J connectivity index is 2.92. The highest BCUT2D eigenvalue weighted by Crippen LogP contribution is 2.37. The van der Waals surface area contributed by atoms with Gasteiger partial charge in [-0.05, 0) is 56.6 Å². The van der Waals surface area contributed by atoms with E-state index in [9.17, 15) is 4.79 Å². The SMILES string of the molecule is CC(C)(C)OC(=O)[C@@H](COc1ccc([C@@H](N)CN)cc1)O[Si](C)(C)C(C)(C)C. The standard InChI is InChI=1S/C21H38N2O4Si/c1-20(2,3)26-19(24)18(27-28(7,8)21(4,5)6)14-25-16-11-9-15(10-12-16)17(23)13-22/h9-12,17-18H,13-14,22-23H2,1-8H3/t17-,18+/m0/s1. The van der Waals surface area contributed by atoms with Gasteiger partial charge in [0.1, 0.15) is 18.0 Å². The molecule has 1 aromatic rings. The molecule has 0 saturated carbocycles. The molecule has 160 valence electrons. The Morgan fingerprint density at radius 3 is 2.04 bits per heavy atom. The lowest BCUT2D eigenvalue weighted by Gasteiger charge is -2.39. The van der Waals surface area contributed by atoms with Gasteiger partial charge in [-0.1, -0.05) is 32.9 Å². The fourth-order valence-electron chi connectivity index (χ4n) is 2.17. The van der Waals surface area contributed by atoms with Gasteiger partial charge in [0, 0.05) is 12.6 Å². The van der Waals surface area contributed by atoms with Crippen molar-refractivity contribution in [2.75, 3.05) is 13.2 Å². The lowest BCUT2D eigenvalue weighted by atomic mass is 10.1. The first kappa shape index (κ1) is 24.6. The fraction of sp³-hybridized carbons (Fsp3) is 0.667. The largest absolute Gasteiger partial charge is 0.490 e. The quantitative estimate of drug-likeness (QED) is 0.500. The molecule has 6 nitrogen and oxygen atoms in total. The molecule has 0 amide bonds. The number of carbonyl (C=O) groups is 1. The van der Waals surface area contributed by atoms with Crippen LogP contribution < -0.4 is 16.2 Å². The lowest BCUT2D eigenvalue weighted by Crippen LogP contribution is -2.49. The smallest absolute Gasteiger partial charge is 0.338 e. The van der Waals surface area contributed by atoms with Crippen molar-refractivity contribution < 1.29 is 18.7 Å². The van der Waals surface area contributed by atoms with Crippen LogP contribution in [0.4, 0.5) is 0 Å². The van der Waals surface area contributed by atoms with Gasteiger partial charge in [0.2, 0.25) is 0 Å². The van der Waals surface area contributed by atoms with E-state index >= 15 is 0 Å². The fourth-order valence-corrected chi connectivity index (χ4v) is 3.40. The summed E-state index contributed by atoms with van der Waals surface area (Å²) in [4.78, 5) is 12.7. The van der Waals surface area contributed by atoms with Gasteiger partial charge in [0.25, 0.3) is 0 Å². The average Bonchev–Trinajstić information content (AvgIpc) is 2.55. The average molecular weight is 411 g/mol. The number of carbonyl (C=O) groups excluding carboxylic acids is 1. The third kappa shape index (κ3) is 7.54. The minimum absolute atomic E-state index is 0.0345. The van der Waals surface area contributed by atoms with Crippen LogP contribution in [0.25, 0.3) is 0 Å². The first-order chi connectivity index (χ1) is 12.7. The van der Waals surface area contributed by atoms with E-state index in [4.69, 9.17) is 25.4 Å². The highest BCUT2D eigenvalue weighted by Gasteiger charge is 2.42. The van der Waals surface area contributed by atoms with E-state index in [-0.39, 0.29) is 17.7 Å². The van der Waals surface area contributed by atoms with Gasteiger partial charge in [-0.3, -0.25) is 0 Å². The van der Waals surface area contributed by atoms with Crippen LogP contribution in [0.15, 0.2) is 24.3 Å². The first-order valence-corrected chi connectivity index (χ1v) is 12.7. The molecular formula is C21H38N2O4Si. The van der Waals surface area contributed by atoms with E-state index in [0.717, 1.165) is 5.56 Å². The molecule has 0 aliphatic heterocycles. The molecular weight excluding hydrogens is 372 g/mol. The maximum atomic E-state index is 12.7. The molecule has 0 unspecified atom stereocenters. The molecule has 0 heterocycles. The van der Waals surface area contributed by atoms with Crippen molar-refractivity contribution in [2.24, 2.45) is 11.5 Å². The van der Waals surface area contributed by atoms with Crippen molar-refractivity contribution >= 4 is 14.3 Å². The van der Waals surface area contributed by atoms with Crippen molar-refractivity contribution in [1.82, 2.24) is 0 Å². The number of hydrogen-bond acceptors (Lipinski definition) is 6. The van der Waals surface area contributed by atoms with E-state index in [1.807, 2.05) is 45.0 Å². The molecule has 1 aromatic carbocycles. The Hall–Kier alpha value is -1.41. The predicted molar refractivity (Wildman–Crippen MR) is 116 cm³/mol. The third-order valence-electron chi connectivity index (χ3n) is 4.88. The zero-order valence-corrected chi connectivity index (χ0v) is 19.7. The molecule has 0 saturated heterocycles. The molecule has 0 aromatic heterocycles. The number of esters is 1. The molecule has 1 rings (SSSR count). The summed E-state index contributed by atoms with van der Waals surface area (Å²) >= 11 is 0. The number of nitrogens with two attached hydrogens (primary N) is 2. The topological polar surface area (TPSA) is 96.8 Å². The second-order valence-electron chi connectivity index (χ2n) is 9.62. The summed E-state index contributed by atoms with van der Waals surface area (Å²) in [6.07, 6.45) is -0.786. The van der Waals surface area contributed by atoms with Crippen LogP contribution in [0, 0.1) is 0 Å².